The zero-order valence-electron chi connectivity index (χ0n) is 13.4. The van der Waals surface area contributed by atoms with Gasteiger partial charge in [-0.15, -0.1) is 0 Å². The highest BCUT2D eigenvalue weighted by atomic mass is 16.5. The number of carboxylic acid groups (broad SMARTS) is 1. The second-order valence-corrected chi connectivity index (χ2v) is 5.20. The fourth-order valence-electron chi connectivity index (χ4n) is 2.55. The van der Waals surface area contributed by atoms with Crippen LogP contribution in [0, 0.1) is 0 Å². The van der Waals surface area contributed by atoms with Gasteiger partial charge >= 0.3 is 5.97 Å². The second kappa shape index (κ2) is 6.58. The lowest BCUT2D eigenvalue weighted by Gasteiger charge is -2.09. The molecule has 0 unspecified atom stereocenters. The number of pyridine rings is 1. The van der Waals surface area contributed by atoms with Crippen LogP contribution in [-0.4, -0.2) is 29.8 Å². The summed E-state index contributed by atoms with van der Waals surface area (Å²) in [6.45, 7) is 2.52. The highest BCUT2D eigenvalue weighted by molar-refractivity contribution is 6.04. The van der Waals surface area contributed by atoms with Gasteiger partial charge in [0.2, 0.25) is 0 Å². The van der Waals surface area contributed by atoms with E-state index < -0.39 is 5.97 Å². The van der Waals surface area contributed by atoms with Crippen molar-refractivity contribution in [2.24, 2.45) is 0 Å². The molecule has 1 aromatic heterocycles. The van der Waals surface area contributed by atoms with Crippen molar-refractivity contribution in [1.82, 2.24) is 4.98 Å². The molecule has 5 nitrogen and oxygen atoms in total. The van der Waals surface area contributed by atoms with Crippen LogP contribution in [0.5, 0.6) is 11.5 Å². The number of nitrogens with zero attached hydrogens (tertiary/aromatic N) is 1. The number of hydrogen-bond acceptors (Lipinski definition) is 4. The van der Waals surface area contributed by atoms with Crippen LogP contribution < -0.4 is 9.47 Å². The normalized spacial score (nSPS) is 10.6. The predicted molar refractivity (Wildman–Crippen MR) is 91.9 cm³/mol. The third kappa shape index (κ3) is 3.01. The number of rotatable bonds is 5. The monoisotopic (exact) mass is 323 g/mol. The average molecular weight is 323 g/mol. The molecule has 0 saturated heterocycles. The van der Waals surface area contributed by atoms with Crippen LogP contribution >= 0.6 is 0 Å². The van der Waals surface area contributed by atoms with Crippen LogP contribution in [0.1, 0.15) is 17.3 Å². The maximum absolute atomic E-state index is 11.6. The van der Waals surface area contributed by atoms with Crippen LogP contribution in [0.3, 0.4) is 0 Å². The molecule has 24 heavy (non-hydrogen) atoms. The molecule has 1 N–H and O–H groups in total. The first-order chi connectivity index (χ1) is 11.6. The Balaban J connectivity index is 2.13. The molecule has 0 aliphatic carbocycles. The number of benzene rings is 2. The summed E-state index contributed by atoms with van der Waals surface area (Å²) in [5, 5.41) is 10.1. The van der Waals surface area contributed by atoms with E-state index in [4.69, 9.17) is 9.47 Å². The van der Waals surface area contributed by atoms with E-state index in [9.17, 15) is 9.90 Å². The molecule has 0 spiro atoms. The van der Waals surface area contributed by atoms with Gasteiger partial charge < -0.3 is 14.6 Å². The number of aromatic carboxylic acids is 1. The van der Waals surface area contributed by atoms with Gasteiger partial charge in [0, 0.05) is 10.9 Å². The molecule has 0 radical (unpaired) electrons. The molecule has 0 fully saturated rings. The topological polar surface area (TPSA) is 68.7 Å². The van der Waals surface area contributed by atoms with Crippen molar-refractivity contribution in [1.29, 1.82) is 0 Å². The molecule has 0 atom stereocenters. The first-order valence-corrected chi connectivity index (χ1v) is 7.57. The molecule has 3 aromatic rings. The van der Waals surface area contributed by atoms with E-state index in [1.165, 1.54) is 0 Å². The summed E-state index contributed by atoms with van der Waals surface area (Å²) < 4.78 is 10.6. The first kappa shape index (κ1) is 15.8. The third-order valence-corrected chi connectivity index (χ3v) is 3.71. The summed E-state index contributed by atoms with van der Waals surface area (Å²) in [6.07, 6.45) is 0. The van der Waals surface area contributed by atoms with E-state index in [1.54, 1.807) is 31.4 Å². The van der Waals surface area contributed by atoms with Crippen LogP contribution in [0.4, 0.5) is 0 Å². The molecule has 0 amide bonds. The molecule has 0 aliphatic rings. The number of carboxylic acids is 1. The number of ether oxygens (including phenoxy) is 2. The largest absolute Gasteiger partial charge is 0.497 e. The average Bonchev–Trinajstić information content (AvgIpc) is 2.61. The van der Waals surface area contributed by atoms with Crippen molar-refractivity contribution in [2.75, 3.05) is 13.7 Å². The maximum Gasteiger partial charge on any atom is 0.336 e. The van der Waals surface area contributed by atoms with Crippen molar-refractivity contribution < 1.29 is 19.4 Å². The molecule has 0 aliphatic heterocycles. The minimum Gasteiger partial charge on any atom is -0.497 e. The van der Waals surface area contributed by atoms with Gasteiger partial charge in [0.25, 0.3) is 0 Å². The number of aromatic nitrogens is 1. The van der Waals surface area contributed by atoms with Gasteiger partial charge in [-0.05, 0) is 55.5 Å². The standard InChI is InChI=1S/C19H17NO4/c1-3-24-13-6-4-12(5-7-13)18-11-16(19(21)22)15-10-14(23-2)8-9-17(15)20-18/h4-11H,3H2,1-2H3,(H,21,22). The summed E-state index contributed by atoms with van der Waals surface area (Å²) in [4.78, 5) is 16.2. The summed E-state index contributed by atoms with van der Waals surface area (Å²) in [6, 6.07) is 14.2. The van der Waals surface area contributed by atoms with E-state index in [-0.39, 0.29) is 5.56 Å². The van der Waals surface area contributed by atoms with E-state index in [1.807, 2.05) is 31.2 Å². The third-order valence-electron chi connectivity index (χ3n) is 3.71. The Morgan fingerprint density at radius 2 is 1.79 bits per heavy atom. The van der Waals surface area contributed by atoms with E-state index in [2.05, 4.69) is 4.98 Å². The van der Waals surface area contributed by atoms with Gasteiger partial charge in [-0.25, -0.2) is 9.78 Å². The Morgan fingerprint density at radius 1 is 1.08 bits per heavy atom. The fourth-order valence-corrected chi connectivity index (χ4v) is 2.55. The Labute approximate surface area is 139 Å². The van der Waals surface area contributed by atoms with E-state index >= 15 is 0 Å². The molecule has 1 heterocycles. The van der Waals surface area contributed by atoms with Gasteiger partial charge in [-0.2, -0.15) is 0 Å². The lowest BCUT2D eigenvalue weighted by Crippen LogP contribution is -2.00. The van der Waals surface area contributed by atoms with Crippen LogP contribution in [0.25, 0.3) is 22.2 Å². The zero-order chi connectivity index (χ0) is 17.1. The van der Waals surface area contributed by atoms with Crippen molar-refractivity contribution in [3.63, 3.8) is 0 Å². The molecular weight excluding hydrogens is 306 g/mol. The zero-order valence-corrected chi connectivity index (χ0v) is 13.4. The molecule has 2 aromatic carbocycles. The molecule has 5 heteroatoms. The smallest absolute Gasteiger partial charge is 0.336 e. The Bertz CT molecular complexity index is 888. The van der Waals surface area contributed by atoms with Crippen molar-refractivity contribution >= 4 is 16.9 Å². The minimum atomic E-state index is -0.997. The van der Waals surface area contributed by atoms with Crippen LogP contribution in [-0.2, 0) is 0 Å². The predicted octanol–water partition coefficient (Wildman–Crippen LogP) is 4.01. The van der Waals surface area contributed by atoms with Gasteiger partial charge in [-0.3, -0.25) is 0 Å². The quantitative estimate of drug-likeness (QED) is 0.768. The number of carbonyl (C=O) groups is 1. The lowest BCUT2D eigenvalue weighted by atomic mass is 10.0. The Hall–Kier alpha value is -3.08. The SMILES string of the molecule is CCOc1ccc(-c2cc(C(=O)O)c3cc(OC)ccc3n2)cc1. The first-order valence-electron chi connectivity index (χ1n) is 7.57. The fraction of sp³-hybridized carbons (Fsp3) is 0.158. The second-order valence-electron chi connectivity index (χ2n) is 5.20. The van der Waals surface area contributed by atoms with Crippen LogP contribution in [0.15, 0.2) is 48.5 Å². The van der Waals surface area contributed by atoms with Crippen molar-refractivity contribution in [2.45, 2.75) is 6.92 Å². The highest BCUT2D eigenvalue weighted by Gasteiger charge is 2.14. The van der Waals surface area contributed by atoms with Crippen LogP contribution in [0.2, 0.25) is 0 Å². The molecule has 3 rings (SSSR count). The Morgan fingerprint density at radius 3 is 2.42 bits per heavy atom. The highest BCUT2D eigenvalue weighted by Crippen LogP contribution is 2.28. The minimum absolute atomic E-state index is 0.197. The van der Waals surface area contributed by atoms with Gasteiger partial charge in [0.05, 0.1) is 30.5 Å². The molecule has 0 saturated carbocycles. The Kier molecular flexibility index (Phi) is 4.33. The van der Waals surface area contributed by atoms with Gasteiger partial charge in [-0.1, -0.05) is 0 Å². The summed E-state index contributed by atoms with van der Waals surface area (Å²) in [5.41, 5.74) is 2.24. The maximum atomic E-state index is 11.6. The van der Waals surface area contributed by atoms with Gasteiger partial charge in [0.1, 0.15) is 11.5 Å². The summed E-state index contributed by atoms with van der Waals surface area (Å²) >= 11 is 0. The molecule has 0 bridgehead atoms. The van der Waals surface area contributed by atoms with E-state index in [0.717, 1.165) is 11.3 Å². The number of fused-ring (bicyclic) bond motifs is 1. The van der Waals surface area contributed by atoms with Gasteiger partial charge in [0.15, 0.2) is 0 Å². The molecule has 122 valence electrons. The number of methoxy groups -OCH3 is 1. The van der Waals surface area contributed by atoms with Crippen molar-refractivity contribution in [3.05, 3.63) is 54.1 Å². The summed E-state index contributed by atoms with van der Waals surface area (Å²) in [5.74, 6) is 0.369. The molecular formula is C19H17NO4. The summed E-state index contributed by atoms with van der Waals surface area (Å²) in [7, 11) is 1.54. The van der Waals surface area contributed by atoms with Crippen molar-refractivity contribution in [3.8, 4) is 22.8 Å². The van der Waals surface area contributed by atoms with E-state index in [0.29, 0.717) is 29.0 Å². The number of hydrogen-bond donors (Lipinski definition) is 1. The lowest BCUT2D eigenvalue weighted by molar-refractivity contribution is 0.0699.